The SMILES string of the molecule is CSc1ccc([C@@H]2C(C(=O)OC(C)C)=C(C)N=c3s/c(=C\c4ccccc4OC(C)C)c(=O)n32)cc1. The first-order valence-corrected chi connectivity index (χ1v) is 13.9. The van der Waals surface area contributed by atoms with Gasteiger partial charge in [-0.15, -0.1) is 11.8 Å². The Balaban J connectivity index is 1.92. The number of rotatable bonds is 7. The zero-order valence-electron chi connectivity index (χ0n) is 21.3. The molecule has 0 radical (unpaired) electrons. The van der Waals surface area contributed by atoms with E-state index in [9.17, 15) is 9.59 Å². The first kappa shape index (κ1) is 26.0. The van der Waals surface area contributed by atoms with Crippen LogP contribution in [0.15, 0.2) is 74.5 Å². The zero-order valence-corrected chi connectivity index (χ0v) is 22.9. The van der Waals surface area contributed by atoms with Crippen molar-refractivity contribution in [1.82, 2.24) is 4.57 Å². The van der Waals surface area contributed by atoms with Crippen molar-refractivity contribution in [1.29, 1.82) is 0 Å². The molecule has 0 bridgehead atoms. The van der Waals surface area contributed by atoms with E-state index in [0.717, 1.165) is 16.0 Å². The largest absolute Gasteiger partial charge is 0.490 e. The van der Waals surface area contributed by atoms with Gasteiger partial charge in [-0.2, -0.15) is 0 Å². The second kappa shape index (κ2) is 10.9. The number of benzene rings is 2. The minimum atomic E-state index is -0.632. The van der Waals surface area contributed by atoms with Crippen molar-refractivity contribution < 1.29 is 14.3 Å². The molecule has 0 saturated heterocycles. The molecule has 1 atom stereocenters. The normalized spacial score (nSPS) is 15.8. The van der Waals surface area contributed by atoms with Gasteiger partial charge < -0.3 is 9.47 Å². The van der Waals surface area contributed by atoms with Crippen LogP contribution in [0.1, 0.15) is 51.8 Å². The second-order valence-electron chi connectivity index (χ2n) is 9.01. The summed E-state index contributed by atoms with van der Waals surface area (Å²) in [4.78, 5) is 33.3. The summed E-state index contributed by atoms with van der Waals surface area (Å²) >= 11 is 2.94. The van der Waals surface area contributed by atoms with Crippen LogP contribution < -0.4 is 19.6 Å². The highest BCUT2D eigenvalue weighted by Crippen LogP contribution is 2.32. The van der Waals surface area contributed by atoms with Gasteiger partial charge in [0.15, 0.2) is 4.80 Å². The lowest BCUT2D eigenvalue weighted by Crippen LogP contribution is -2.40. The lowest BCUT2D eigenvalue weighted by molar-refractivity contribution is -0.143. The fourth-order valence-electron chi connectivity index (χ4n) is 4.06. The maximum absolute atomic E-state index is 13.8. The van der Waals surface area contributed by atoms with Crippen LogP contribution in [-0.2, 0) is 9.53 Å². The first-order valence-electron chi connectivity index (χ1n) is 11.8. The predicted molar refractivity (Wildman–Crippen MR) is 145 cm³/mol. The van der Waals surface area contributed by atoms with E-state index >= 15 is 0 Å². The molecule has 4 rings (SSSR count). The van der Waals surface area contributed by atoms with Crippen LogP contribution in [0.25, 0.3) is 6.08 Å². The van der Waals surface area contributed by atoms with Crippen molar-refractivity contribution in [2.75, 3.05) is 6.26 Å². The molecule has 0 N–H and O–H groups in total. The van der Waals surface area contributed by atoms with Crippen molar-refractivity contribution in [3.05, 3.63) is 90.6 Å². The van der Waals surface area contributed by atoms with Gasteiger partial charge in [0.1, 0.15) is 5.75 Å². The van der Waals surface area contributed by atoms with Crippen LogP contribution in [0.4, 0.5) is 0 Å². The topological polar surface area (TPSA) is 69.9 Å². The maximum atomic E-state index is 13.8. The van der Waals surface area contributed by atoms with Crippen molar-refractivity contribution in [2.24, 2.45) is 4.99 Å². The summed E-state index contributed by atoms with van der Waals surface area (Å²) in [5.74, 6) is 0.245. The molecule has 6 nitrogen and oxygen atoms in total. The van der Waals surface area contributed by atoms with E-state index in [1.807, 2.05) is 88.6 Å². The number of ether oxygens (including phenoxy) is 2. The molecule has 2 heterocycles. The van der Waals surface area contributed by atoms with E-state index in [1.54, 1.807) is 23.3 Å². The molecule has 8 heteroatoms. The van der Waals surface area contributed by atoms with Gasteiger partial charge in [-0.25, -0.2) is 9.79 Å². The number of thioether (sulfide) groups is 1. The summed E-state index contributed by atoms with van der Waals surface area (Å²) in [6.07, 6.45) is 3.55. The summed E-state index contributed by atoms with van der Waals surface area (Å²) in [5.41, 5.74) is 2.36. The number of allylic oxidation sites excluding steroid dienone is 1. The van der Waals surface area contributed by atoms with Gasteiger partial charge in [0.25, 0.3) is 5.56 Å². The highest BCUT2D eigenvalue weighted by Gasteiger charge is 2.33. The third-order valence-corrected chi connectivity index (χ3v) is 7.31. The smallest absolute Gasteiger partial charge is 0.338 e. The number of para-hydroxylation sites is 1. The van der Waals surface area contributed by atoms with Crippen LogP contribution in [0.5, 0.6) is 5.75 Å². The molecular formula is C28H30N2O4S2. The van der Waals surface area contributed by atoms with E-state index in [1.165, 1.54) is 11.3 Å². The van der Waals surface area contributed by atoms with E-state index in [0.29, 0.717) is 26.4 Å². The molecule has 2 aromatic carbocycles. The van der Waals surface area contributed by atoms with Crippen molar-refractivity contribution in [3.8, 4) is 5.75 Å². The molecule has 0 aliphatic carbocycles. The van der Waals surface area contributed by atoms with Crippen LogP contribution >= 0.6 is 23.1 Å². The number of thiazole rings is 1. The van der Waals surface area contributed by atoms with Gasteiger partial charge in [-0.05, 0) is 70.7 Å². The number of hydrogen-bond donors (Lipinski definition) is 0. The van der Waals surface area contributed by atoms with E-state index in [2.05, 4.69) is 4.99 Å². The molecule has 0 spiro atoms. The standard InChI is InChI=1S/C28H30N2O4S2/c1-16(2)33-22-10-8-7-9-20(22)15-23-26(31)30-25(19-11-13-21(35-6)14-12-19)24(27(32)34-17(3)4)18(5)29-28(30)36-23/h7-17,25H,1-6H3/b23-15-/t25-/m1/s1. The van der Waals surface area contributed by atoms with Gasteiger partial charge in [0, 0.05) is 10.5 Å². The van der Waals surface area contributed by atoms with Gasteiger partial charge >= 0.3 is 5.97 Å². The monoisotopic (exact) mass is 522 g/mol. The van der Waals surface area contributed by atoms with Gasteiger partial charge in [-0.1, -0.05) is 41.7 Å². The Morgan fingerprint density at radius 2 is 1.78 bits per heavy atom. The molecule has 3 aromatic rings. The van der Waals surface area contributed by atoms with Crippen molar-refractivity contribution in [2.45, 2.75) is 57.8 Å². The lowest BCUT2D eigenvalue weighted by atomic mass is 9.96. The van der Waals surface area contributed by atoms with Crippen molar-refractivity contribution >= 4 is 35.1 Å². The Labute approximate surface area is 219 Å². The molecule has 0 unspecified atom stereocenters. The Hall–Kier alpha value is -3.10. The number of aromatic nitrogens is 1. The number of esters is 1. The lowest BCUT2D eigenvalue weighted by Gasteiger charge is -2.25. The van der Waals surface area contributed by atoms with Gasteiger partial charge in [0.05, 0.1) is 34.1 Å². The van der Waals surface area contributed by atoms with Crippen molar-refractivity contribution in [3.63, 3.8) is 0 Å². The van der Waals surface area contributed by atoms with Crippen LogP contribution in [0.3, 0.4) is 0 Å². The maximum Gasteiger partial charge on any atom is 0.338 e. The molecular weight excluding hydrogens is 492 g/mol. The minimum Gasteiger partial charge on any atom is -0.490 e. The number of fused-ring (bicyclic) bond motifs is 1. The first-order chi connectivity index (χ1) is 17.2. The van der Waals surface area contributed by atoms with E-state index < -0.39 is 12.0 Å². The zero-order chi connectivity index (χ0) is 26.0. The summed E-state index contributed by atoms with van der Waals surface area (Å²) in [7, 11) is 0. The molecule has 0 amide bonds. The second-order valence-corrected chi connectivity index (χ2v) is 10.9. The quantitative estimate of drug-likeness (QED) is 0.332. The number of carbonyl (C=O) groups is 1. The third-order valence-electron chi connectivity index (χ3n) is 5.58. The highest BCUT2D eigenvalue weighted by atomic mass is 32.2. The Bertz CT molecular complexity index is 1480. The minimum absolute atomic E-state index is 0.00204. The molecule has 36 heavy (non-hydrogen) atoms. The highest BCUT2D eigenvalue weighted by molar-refractivity contribution is 7.98. The number of hydrogen-bond acceptors (Lipinski definition) is 7. The fraction of sp³-hybridized carbons (Fsp3) is 0.321. The van der Waals surface area contributed by atoms with E-state index in [4.69, 9.17) is 9.47 Å². The summed E-state index contributed by atoms with van der Waals surface area (Å²) in [6.45, 7) is 9.34. The Kier molecular flexibility index (Phi) is 7.85. The average Bonchev–Trinajstić information content (AvgIpc) is 3.13. The fourth-order valence-corrected chi connectivity index (χ4v) is 5.51. The van der Waals surface area contributed by atoms with Crippen LogP contribution in [-0.4, -0.2) is 29.0 Å². The number of nitrogens with zero attached hydrogens (tertiary/aromatic N) is 2. The number of carbonyl (C=O) groups excluding carboxylic acids is 1. The molecule has 1 aliphatic heterocycles. The Morgan fingerprint density at radius 1 is 1.08 bits per heavy atom. The third kappa shape index (κ3) is 5.34. The van der Waals surface area contributed by atoms with Gasteiger partial charge in [0.2, 0.25) is 0 Å². The van der Waals surface area contributed by atoms with Crippen LogP contribution in [0.2, 0.25) is 0 Å². The summed E-state index contributed by atoms with van der Waals surface area (Å²) in [5, 5.41) is 0. The summed E-state index contributed by atoms with van der Waals surface area (Å²) < 4.78 is 13.6. The molecule has 0 fully saturated rings. The molecule has 1 aliphatic rings. The molecule has 188 valence electrons. The molecule has 0 saturated carbocycles. The van der Waals surface area contributed by atoms with E-state index in [-0.39, 0.29) is 17.8 Å². The van der Waals surface area contributed by atoms with Gasteiger partial charge in [-0.3, -0.25) is 9.36 Å². The van der Waals surface area contributed by atoms with Crippen LogP contribution in [0, 0.1) is 0 Å². The predicted octanol–water partition coefficient (Wildman–Crippen LogP) is 4.70. The molecule has 1 aromatic heterocycles. The Morgan fingerprint density at radius 3 is 2.42 bits per heavy atom. The summed E-state index contributed by atoms with van der Waals surface area (Å²) in [6, 6.07) is 14.9. The average molecular weight is 523 g/mol.